The number of anilines is 1. The Kier molecular flexibility index (Phi) is 5.39. The molecule has 0 radical (unpaired) electrons. The number of aromatic nitrogens is 1. The average molecular weight is 336 g/mol. The summed E-state index contributed by atoms with van der Waals surface area (Å²) in [5.74, 6) is -0.0695. The van der Waals surface area contributed by atoms with Crippen LogP contribution in [-0.2, 0) is 4.79 Å². The van der Waals surface area contributed by atoms with Gasteiger partial charge in [-0.3, -0.25) is 4.79 Å². The number of nitrogens with zero attached hydrogens (tertiary/aromatic N) is 1. The average Bonchev–Trinajstić information content (AvgIpc) is 3.15. The molecule has 0 aliphatic heterocycles. The third kappa shape index (κ3) is 3.89. The Hall–Kier alpha value is -2.46. The van der Waals surface area contributed by atoms with E-state index in [4.69, 9.17) is 0 Å². The predicted octanol–water partition coefficient (Wildman–Crippen LogP) is 5.33. The Morgan fingerprint density at radius 2 is 1.88 bits per heavy atom. The molecule has 3 nitrogen and oxygen atoms in total. The fourth-order valence-corrected chi connectivity index (χ4v) is 3.36. The van der Waals surface area contributed by atoms with Crippen LogP contribution in [0.15, 0.2) is 66.2 Å². The van der Waals surface area contributed by atoms with Crippen LogP contribution in [0.1, 0.15) is 31.2 Å². The van der Waals surface area contributed by atoms with Gasteiger partial charge in [-0.2, -0.15) is 0 Å². The van der Waals surface area contributed by atoms with E-state index < -0.39 is 0 Å². The minimum atomic E-state index is -0.116. The molecule has 2 aromatic carbocycles. The van der Waals surface area contributed by atoms with Gasteiger partial charge < -0.3 is 5.32 Å². The van der Waals surface area contributed by atoms with E-state index in [-0.39, 0.29) is 11.8 Å². The van der Waals surface area contributed by atoms with Crippen molar-refractivity contribution in [2.24, 2.45) is 0 Å². The molecule has 0 unspecified atom stereocenters. The molecule has 1 heterocycles. The first-order chi connectivity index (χ1) is 11.8. The van der Waals surface area contributed by atoms with E-state index in [9.17, 15) is 4.79 Å². The van der Waals surface area contributed by atoms with Crippen LogP contribution < -0.4 is 5.32 Å². The first-order valence-corrected chi connectivity index (χ1v) is 9.01. The van der Waals surface area contributed by atoms with E-state index in [0.29, 0.717) is 0 Å². The Labute approximate surface area is 146 Å². The Morgan fingerprint density at radius 1 is 1.12 bits per heavy atom. The van der Waals surface area contributed by atoms with Gasteiger partial charge in [0.1, 0.15) is 5.01 Å². The molecule has 1 atom stereocenters. The van der Waals surface area contributed by atoms with E-state index in [1.54, 1.807) is 17.5 Å². The predicted molar refractivity (Wildman–Crippen MR) is 100 cm³/mol. The van der Waals surface area contributed by atoms with Crippen molar-refractivity contribution in [3.63, 3.8) is 0 Å². The quantitative estimate of drug-likeness (QED) is 0.661. The van der Waals surface area contributed by atoms with E-state index in [0.717, 1.165) is 34.7 Å². The van der Waals surface area contributed by atoms with Crippen LogP contribution in [0.2, 0.25) is 0 Å². The summed E-state index contributed by atoms with van der Waals surface area (Å²) in [4.78, 5) is 17.0. The Balaban J connectivity index is 1.73. The summed E-state index contributed by atoms with van der Waals surface area (Å²) >= 11 is 1.61. The number of hydrogen-bond donors (Lipinski definition) is 1. The van der Waals surface area contributed by atoms with Gasteiger partial charge in [-0.25, -0.2) is 4.98 Å². The molecule has 0 bridgehead atoms. The van der Waals surface area contributed by atoms with Crippen molar-refractivity contribution in [1.82, 2.24) is 4.98 Å². The first kappa shape index (κ1) is 16.4. The second-order valence-electron chi connectivity index (χ2n) is 5.66. The molecule has 122 valence electrons. The van der Waals surface area contributed by atoms with E-state index >= 15 is 0 Å². The van der Waals surface area contributed by atoms with Crippen LogP contribution in [0.4, 0.5) is 5.69 Å². The van der Waals surface area contributed by atoms with Gasteiger partial charge in [-0.05, 0) is 36.2 Å². The number of carbonyl (C=O) groups excluding carboxylic acids is 1. The molecule has 0 fully saturated rings. The molecule has 3 aromatic rings. The topological polar surface area (TPSA) is 42.0 Å². The zero-order valence-corrected chi connectivity index (χ0v) is 14.4. The van der Waals surface area contributed by atoms with Crippen molar-refractivity contribution in [3.05, 3.63) is 71.7 Å². The van der Waals surface area contributed by atoms with E-state index in [1.165, 1.54) is 0 Å². The second-order valence-corrected chi connectivity index (χ2v) is 6.55. The van der Waals surface area contributed by atoms with Crippen LogP contribution in [0, 0.1) is 0 Å². The summed E-state index contributed by atoms with van der Waals surface area (Å²) in [5, 5.41) is 5.99. The van der Waals surface area contributed by atoms with Crippen molar-refractivity contribution in [1.29, 1.82) is 0 Å². The second kappa shape index (κ2) is 7.88. The maximum atomic E-state index is 12.7. The highest BCUT2D eigenvalue weighted by atomic mass is 32.1. The lowest BCUT2D eigenvalue weighted by atomic mass is 9.93. The molecule has 1 amide bonds. The minimum absolute atomic E-state index is 0.0463. The molecular weight excluding hydrogens is 316 g/mol. The van der Waals surface area contributed by atoms with Crippen LogP contribution in [0.3, 0.4) is 0 Å². The summed E-state index contributed by atoms with van der Waals surface area (Å²) in [6, 6.07) is 17.8. The highest BCUT2D eigenvalue weighted by Gasteiger charge is 2.19. The minimum Gasteiger partial charge on any atom is -0.326 e. The highest BCUT2D eigenvalue weighted by molar-refractivity contribution is 7.13. The maximum absolute atomic E-state index is 12.7. The molecule has 24 heavy (non-hydrogen) atoms. The molecule has 0 spiro atoms. The van der Waals surface area contributed by atoms with Gasteiger partial charge in [0.25, 0.3) is 0 Å². The van der Waals surface area contributed by atoms with Gasteiger partial charge in [0.05, 0.1) is 5.92 Å². The van der Waals surface area contributed by atoms with Crippen LogP contribution in [0.5, 0.6) is 0 Å². The SMILES string of the molecule is CCC[C@H](C(=O)Nc1ccc(-c2nccs2)cc1)c1ccccc1. The Morgan fingerprint density at radius 3 is 2.50 bits per heavy atom. The lowest BCUT2D eigenvalue weighted by Gasteiger charge is -2.16. The molecule has 0 saturated carbocycles. The van der Waals surface area contributed by atoms with Crippen molar-refractivity contribution in [2.45, 2.75) is 25.7 Å². The molecule has 4 heteroatoms. The lowest BCUT2D eigenvalue weighted by Crippen LogP contribution is -2.21. The summed E-state index contributed by atoms with van der Waals surface area (Å²) in [6.45, 7) is 2.10. The van der Waals surface area contributed by atoms with Crippen LogP contribution >= 0.6 is 11.3 Å². The molecular formula is C20H20N2OS. The summed E-state index contributed by atoms with van der Waals surface area (Å²) in [7, 11) is 0. The van der Waals surface area contributed by atoms with Gasteiger partial charge >= 0.3 is 0 Å². The van der Waals surface area contributed by atoms with Gasteiger partial charge in [-0.1, -0.05) is 43.7 Å². The van der Waals surface area contributed by atoms with E-state index in [2.05, 4.69) is 17.2 Å². The largest absolute Gasteiger partial charge is 0.326 e. The number of benzene rings is 2. The monoisotopic (exact) mass is 336 g/mol. The highest BCUT2D eigenvalue weighted by Crippen LogP contribution is 2.26. The summed E-state index contributed by atoms with van der Waals surface area (Å²) in [5.41, 5.74) is 2.95. The summed E-state index contributed by atoms with van der Waals surface area (Å²) in [6.07, 6.45) is 3.61. The molecule has 3 rings (SSSR count). The third-order valence-corrected chi connectivity index (χ3v) is 4.75. The van der Waals surface area contributed by atoms with Gasteiger partial charge in [0.2, 0.25) is 5.91 Å². The fourth-order valence-electron chi connectivity index (χ4n) is 2.71. The van der Waals surface area contributed by atoms with Crippen molar-refractivity contribution in [2.75, 3.05) is 5.32 Å². The van der Waals surface area contributed by atoms with Crippen molar-refractivity contribution >= 4 is 22.9 Å². The molecule has 1 aromatic heterocycles. The van der Waals surface area contributed by atoms with E-state index in [1.807, 2.05) is 60.0 Å². The van der Waals surface area contributed by atoms with Crippen molar-refractivity contribution < 1.29 is 4.79 Å². The van der Waals surface area contributed by atoms with Gasteiger partial charge in [0.15, 0.2) is 0 Å². The number of amides is 1. The standard InChI is InChI=1S/C20H20N2OS/c1-2-6-18(15-7-4-3-5-8-15)19(23)22-17-11-9-16(10-12-17)20-21-13-14-24-20/h3-5,7-14,18H,2,6H2,1H3,(H,22,23)/t18-/m0/s1. The smallest absolute Gasteiger partial charge is 0.231 e. The van der Waals surface area contributed by atoms with Gasteiger partial charge in [0, 0.05) is 22.8 Å². The van der Waals surface area contributed by atoms with Gasteiger partial charge in [-0.15, -0.1) is 11.3 Å². The number of rotatable bonds is 6. The zero-order valence-electron chi connectivity index (χ0n) is 13.6. The number of thiazole rings is 1. The number of nitrogens with one attached hydrogen (secondary N) is 1. The number of carbonyl (C=O) groups is 1. The normalized spacial score (nSPS) is 11.9. The molecule has 0 aliphatic carbocycles. The van der Waals surface area contributed by atoms with Crippen molar-refractivity contribution in [3.8, 4) is 10.6 Å². The molecule has 1 N–H and O–H groups in total. The molecule has 0 aliphatic rings. The zero-order chi connectivity index (χ0) is 16.8. The lowest BCUT2D eigenvalue weighted by molar-refractivity contribution is -0.117. The molecule has 0 saturated heterocycles. The first-order valence-electron chi connectivity index (χ1n) is 8.13. The summed E-state index contributed by atoms with van der Waals surface area (Å²) < 4.78 is 0. The van der Waals surface area contributed by atoms with Crippen LogP contribution in [0.25, 0.3) is 10.6 Å². The maximum Gasteiger partial charge on any atom is 0.231 e. The Bertz CT molecular complexity index is 767. The third-order valence-electron chi connectivity index (χ3n) is 3.93. The fraction of sp³-hybridized carbons (Fsp3) is 0.200. The number of hydrogen-bond acceptors (Lipinski definition) is 3. The van der Waals surface area contributed by atoms with Crippen LogP contribution in [-0.4, -0.2) is 10.9 Å².